The maximum atomic E-state index is 11.2. The first-order valence-corrected chi connectivity index (χ1v) is 4.54. The number of nitrogens with one attached hydrogen (secondary N) is 2. The van der Waals surface area contributed by atoms with Gasteiger partial charge >= 0.3 is 5.97 Å². The van der Waals surface area contributed by atoms with Gasteiger partial charge in [0.05, 0.1) is 10.7 Å². The number of hydrogen-bond donors (Lipinski definition) is 3. The third kappa shape index (κ3) is 2.32. The zero-order valence-corrected chi connectivity index (χ0v) is 8.83. The molecule has 0 fully saturated rings. The van der Waals surface area contributed by atoms with Gasteiger partial charge < -0.3 is 10.4 Å². The molecule has 1 unspecified atom stereocenters. The average molecular weight is 262 g/mol. The molecule has 7 heteroatoms. The number of carboxylic acids is 1. The van der Waals surface area contributed by atoms with Crippen LogP contribution in [0.4, 0.5) is 5.82 Å². The summed E-state index contributed by atoms with van der Waals surface area (Å²) in [5, 5.41) is 17.1. The molecule has 0 aromatic carbocycles. The quantitative estimate of drug-likeness (QED) is 0.703. The Morgan fingerprint density at radius 3 is 2.79 bits per heavy atom. The zero-order valence-electron chi connectivity index (χ0n) is 7.24. The number of carboxylic acid groups (broad SMARTS) is 1. The highest BCUT2D eigenvalue weighted by Crippen LogP contribution is 2.18. The second kappa shape index (κ2) is 4.23. The Bertz CT molecular complexity index is 363. The predicted octanol–water partition coefficient (Wildman–Crippen LogP) is 0.831. The summed E-state index contributed by atoms with van der Waals surface area (Å²) in [6.45, 7) is 1.31. The Labute approximate surface area is 87.8 Å². The largest absolute Gasteiger partial charge is 0.481 e. The van der Waals surface area contributed by atoms with Crippen molar-refractivity contribution >= 4 is 33.6 Å². The minimum absolute atomic E-state index is 0.350. The molecule has 0 aliphatic carbocycles. The van der Waals surface area contributed by atoms with Gasteiger partial charge in [-0.1, -0.05) is 0 Å². The van der Waals surface area contributed by atoms with Crippen LogP contribution in [-0.4, -0.2) is 27.2 Å². The maximum Gasteiger partial charge on any atom is 0.315 e. The molecule has 1 atom stereocenters. The van der Waals surface area contributed by atoms with Crippen molar-refractivity contribution in [3.05, 3.63) is 10.7 Å². The van der Waals surface area contributed by atoms with Gasteiger partial charge in [-0.3, -0.25) is 14.7 Å². The average Bonchev–Trinajstić information content (AvgIpc) is 2.50. The van der Waals surface area contributed by atoms with Gasteiger partial charge in [0.1, 0.15) is 11.7 Å². The number of aliphatic carboxylic acids is 1. The van der Waals surface area contributed by atoms with Gasteiger partial charge in [0, 0.05) is 0 Å². The summed E-state index contributed by atoms with van der Waals surface area (Å²) >= 11 is 3.13. The summed E-state index contributed by atoms with van der Waals surface area (Å²) in [6, 6.07) is 0. The molecule has 0 radical (unpaired) electrons. The molecule has 0 aliphatic heterocycles. The highest BCUT2D eigenvalue weighted by atomic mass is 79.9. The Balaban J connectivity index is 2.66. The van der Waals surface area contributed by atoms with Crippen LogP contribution in [0.15, 0.2) is 10.7 Å². The van der Waals surface area contributed by atoms with E-state index in [1.54, 1.807) is 0 Å². The number of aromatic amines is 1. The monoisotopic (exact) mass is 261 g/mol. The number of aromatic nitrogens is 2. The van der Waals surface area contributed by atoms with E-state index in [0.717, 1.165) is 0 Å². The minimum Gasteiger partial charge on any atom is -0.481 e. The van der Waals surface area contributed by atoms with E-state index in [2.05, 4.69) is 31.4 Å². The van der Waals surface area contributed by atoms with Gasteiger partial charge in [0.2, 0.25) is 5.91 Å². The van der Waals surface area contributed by atoms with Gasteiger partial charge in [-0.2, -0.15) is 5.10 Å². The fourth-order valence-corrected chi connectivity index (χ4v) is 0.993. The lowest BCUT2D eigenvalue weighted by Gasteiger charge is -2.06. The molecular weight excluding hydrogens is 254 g/mol. The lowest BCUT2D eigenvalue weighted by molar-refractivity contribution is -0.144. The summed E-state index contributed by atoms with van der Waals surface area (Å²) in [4.78, 5) is 21.7. The molecule has 76 valence electrons. The van der Waals surface area contributed by atoms with Crippen molar-refractivity contribution in [3.8, 4) is 0 Å². The van der Waals surface area contributed by atoms with Crippen molar-refractivity contribution in [3.63, 3.8) is 0 Å². The van der Waals surface area contributed by atoms with E-state index in [4.69, 9.17) is 5.11 Å². The molecule has 0 saturated heterocycles. The molecule has 14 heavy (non-hydrogen) atoms. The summed E-state index contributed by atoms with van der Waals surface area (Å²) in [5.74, 6) is -2.51. The lowest BCUT2D eigenvalue weighted by atomic mass is 10.2. The Hall–Kier alpha value is -1.37. The Morgan fingerprint density at radius 2 is 2.36 bits per heavy atom. The van der Waals surface area contributed by atoms with Crippen LogP contribution in [0.2, 0.25) is 0 Å². The number of anilines is 1. The van der Waals surface area contributed by atoms with Crippen molar-refractivity contribution in [2.45, 2.75) is 6.92 Å². The highest BCUT2D eigenvalue weighted by Gasteiger charge is 2.21. The third-order valence-electron chi connectivity index (χ3n) is 1.60. The fraction of sp³-hybridized carbons (Fsp3) is 0.286. The SMILES string of the molecule is CC(C(=O)O)C(=O)Nc1[nH]ncc1Br. The molecule has 0 bridgehead atoms. The summed E-state index contributed by atoms with van der Waals surface area (Å²) in [6.07, 6.45) is 1.46. The molecule has 0 spiro atoms. The van der Waals surface area contributed by atoms with Crippen LogP contribution in [0, 0.1) is 5.92 Å². The van der Waals surface area contributed by atoms with Crippen molar-refractivity contribution in [1.29, 1.82) is 0 Å². The zero-order chi connectivity index (χ0) is 10.7. The molecule has 1 aromatic heterocycles. The first-order valence-electron chi connectivity index (χ1n) is 3.75. The van der Waals surface area contributed by atoms with Crippen LogP contribution in [0.25, 0.3) is 0 Å². The van der Waals surface area contributed by atoms with Crippen molar-refractivity contribution < 1.29 is 14.7 Å². The van der Waals surface area contributed by atoms with E-state index < -0.39 is 17.8 Å². The van der Waals surface area contributed by atoms with Gasteiger partial charge in [-0.05, 0) is 22.9 Å². The molecule has 6 nitrogen and oxygen atoms in total. The van der Waals surface area contributed by atoms with Crippen LogP contribution in [-0.2, 0) is 9.59 Å². The molecule has 0 saturated carbocycles. The van der Waals surface area contributed by atoms with E-state index in [9.17, 15) is 9.59 Å². The van der Waals surface area contributed by atoms with E-state index in [1.165, 1.54) is 13.1 Å². The van der Waals surface area contributed by atoms with Crippen LogP contribution in [0.1, 0.15) is 6.92 Å². The number of rotatable bonds is 3. The Kier molecular flexibility index (Phi) is 3.23. The van der Waals surface area contributed by atoms with Crippen LogP contribution >= 0.6 is 15.9 Å². The molecule has 1 amide bonds. The first-order chi connectivity index (χ1) is 6.52. The van der Waals surface area contributed by atoms with Gasteiger partial charge in [0.25, 0.3) is 0 Å². The predicted molar refractivity (Wildman–Crippen MR) is 51.7 cm³/mol. The topological polar surface area (TPSA) is 95.1 Å². The number of halogens is 1. The number of nitrogens with zero attached hydrogens (tertiary/aromatic N) is 1. The summed E-state index contributed by atoms with van der Waals surface area (Å²) in [7, 11) is 0. The maximum absolute atomic E-state index is 11.2. The molecule has 1 heterocycles. The molecular formula is C7H8BrN3O3. The summed E-state index contributed by atoms with van der Waals surface area (Å²) < 4.78 is 0.573. The summed E-state index contributed by atoms with van der Waals surface area (Å²) in [5.41, 5.74) is 0. The highest BCUT2D eigenvalue weighted by molar-refractivity contribution is 9.10. The van der Waals surface area contributed by atoms with E-state index in [1.807, 2.05) is 0 Å². The fourth-order valence-electron chi connectivity index (χ4n) is 0.703. The molecule has 0 aliphatic rings. The van der Waals surface area contributed by atoms with Crippen LogP contribution < -0.4 is 5.32 Å². The van der Waals surface area contributed by atoms with Crippen molar-refractivity contribution in [2.75, 3.05) is 5.32 Å². The second-order valence-electron chi connectivity index (χ2n) is 2.64. The van der Waals surface area contributed by atoms with E-state index in [0.29, 0.717) is 10.3 Å². The number of H-pyrrole nitrogens is 1. The minimum atomic E-state index is -1.17. The van der Waals surface area contributed by atoms with Crippen LogP contribution in [0.5, 0.6) is 0 Å². The van der Waals surface area contributed by atoms with Gasteiger partial charge in [-0.25, -0.2) is 0 Å². The molecule has 1 aromatic rings. The molecule has 1 rings (SSSR count). The van der Waals surface area contributed by atoms with Gasteiger partial charge in [-0.15, -0.1) is 0 Å². The van der Waals surface area contributed by atoms with E-state index in [-0.39, 0.29) is 0 Å². The number of carbonyl (C=O) groups excluding carboxylic acids is 1. The van der Waals surface area contributed by atoms with Crippen LogP contribution in [0.3, 0.4) is 0 Å². The number of amides is 1. The lowest BCUT2D eigenvalue weighted by Crippen LogP contribution is -2.27. The van der Waals surface area contributed by atoms with Crippen molar-refractivity contribution in [1.82, 2.24) is 10.2 Å². The second-order valence-corrected chi connectivity index (χ2v) is 3.50. The number of carbonyl (C=O) groups is 2. The van der Waals surface area contributed by atoms with Crippen molar-refractivity contribution in [2.24, 2.45) is 5.92 Å². The smallest absolute Gasteiger partial charge is 0.315 e. The van der Waals surface area contributed by atoms with Gasteiger partial charge in [0.15, 0.2) is 0 Å². The number of hydrogen-bond acceptors (Lipinski definition) is 3. The van der Waals surface area contributed by atoms with E-state index >= 15 is 0 Å². The Morgan fingerprint density at radius 1 is 1.71 bits per heavy atom. The standard InChI is InChI=1S/C7H8BrN3O3/c1-3(7(13)14)6(12)10-5-4(8)2-9-11-5/h2-3H,1H3,(H,13,14)(H2,9,10,11,12). The normalized spacial score (nSPS) is 12.1. The first kappa shape index (κ1) is 10.7. The third-order valence-corrected chi connectivity index (χ3v) is 2.21. The molecule has 3 N–H and O–H groups in total.